The molecule has 0 aromatic rings. The van der Waals surface area contributed by atoms with E-state index in [0.717, 1.165) is 58.8 Å². The predicted molar refractivity (Wildman–Crippen MR) is 82.0 cm³/mol. The van der Waals surface area contributed by atoms with Gasteiger partial charge < -0.3 is 14.6 Å². The van der Waals surface area contributed by atoms with E-state index in [1.165, 1.54) is 0 Å². The van der Waals surface area contributed by atoms with Crippen molar-refractivity contribution in [3.63, 3.8) is 0 Å². The van der Waals surface area contributed by atoms with Gasteiger partial charge in [-0.15, -0.1) is 0 Å². The van der Waals surface area contributed by atoms with Crippen LogP contribution in [0, 0.1) is 5.41 Å². The molecule has 0 spiro atoms. The van der Waals surface area contributed by atoms with Crippen molar-refractivity contribution in [3.05, 3.63) is 0 Å². The Morgan fingerprint density at radius 3 is 2.15 bits per heavy atom. The van der Waals surface area contributed by atoms with Gasteiger partial charge in [-0.2, -0.15) is 0 Å². The van der Waals surface area contributed by atoms with Gasteiger partial charge in [-0.25, -0.2) is 0 Å². The number of hydrogen-bond donors (Lipinski definition) is 1. The fraction of sp³-hybridized carbons (Fsp3) is 1.00. The third kappa shape index (κ3) is 6.08. The van der Waals surface area contributed by atoms with Crippen LogP contribution in [0.5, 0.6) is 0 Å². The van der Waals surface area contributed by atoms with Crippen LogP contribution in [-0.2, 0) is 9.47 Å². The van der Waals surface area contributed by atoms with Crippen LogP contribution in [0.2, 0.25) is 0 Å². The third-order valence-electron chi connectivity index (χ3n) is 4.25. The summed E-state index contributed by atoms with van der Waals surface area (Å²) >= 11 is 0. The van der Waals surface area contributed by atoms with Crippen LogP contribution in [0.3, 0.4) is 0 Å². The quantitative estimate of drug-likeness (QED) is 0.661. The fourth-order valence-electron chi connectivity index (χ4n) is 3.00. The zero-order valence-electron chi connectivity index (χ0n) is 13.7. The van der Waals surface area contributed by atoms with E-state index in [-0.39, 0.29) is 12.1 Å². The van der Waals surface area contributed by atoms with E-state index in [4.69, 9.17) is 9.47 Å². The molecule has 1 aliphatic rings. The molecule has 0 aliphatic heterocycles. The molecule has 120 valence electrons. The Hall–Kier alpha value is -0.160. The van der Waals surface area contributed by atoms with Crippen molar-refractivity contribution >= 4 is 0 Å². The van der Waals surface area contributed by atoms with Gasteiger partial charge in [0.25, 0.3) is 0 Å². The van der Waals surface area contributed by atoms with Crippen LogP contribution in [-0.4, -0.2) is 61.7 Å². The first-order valence-corrected chi connectivity index (χ1v) is 8.07. The summed E-state index contributed by atoms with van der Waals surface area (Å²) in [6.07, 6.45) is 2.84. The Kier molecular flexibility index (Phi) is 8.03. The van der Waals surface area contributed by atoms with E-state index in [1.54, 1.807) is 0 Å². The van der Waals surface area contributed by atoms with E-state index >= 15 is 0 Å². The summed E-state index contributed by atoms with van der Waals surface area (Å²) in [5, 5.41) is 10.4. The molecule has 2 atom stereocenters. The van der Waals surface area contributed by atoms with Gasteiger partial charge in [0.1, 0.15) is 0 Å². The molecule has 0 aromatic heterocycles. The number of ether oxygens (including phenoxy) is 2. The zero-order valence-corrected chi connectivity index (χ0v) is 13.7. The molecule has 0 amide bonds. The van der Waals surface area contributed by atoms with Crippen molar-refractivity contribution in [2.45, 2.75) is 59.1 Å². The summed E-state index contributed by atoms with van der Waals surface area (Å²) in [7, 11) is 0. The number of aliphatic hydroxyl groups is 1. The first-order valence-electron chi connectivity index (χ1n) is 8.07. The zero-order chi connectivity index (χ0) is 15.0. The van der Waals surface area contributed by atoms with E-state index in [9.17, 15) is 5.11 Å². The highest BCUT2D eigenvalue weighted by Crippen LogP contribution is 2.37. The first-order chi connectivity index (χ1) is 9.50. The van der Waals surface area contributed by atoms with Gasteiger partial charge in [0, 0.05) is 32.3 Å². The fourth-order valence-corrected chi connectivity index (χ4v) is 3.00. The Morgan fingerprint density at radius 2 is 1.65 bits per heavy atom. The lowest BCUT2D eigenvalue weighted by Gasteiger charge is -2.44. The summed E-state index contributed by atoms with van der Waals surface area (Å²) in [6.45, 7) is 13.3. The molecule has 20 heavy (non-hydrogen) atoms. The maximum Gasteiger partial charge on any atom is 0.0695 e. The Balaban J connectivity index is 2.57. The molecule has 4 heteroatoms. The minimum Gasteiger partial charge on any atom is -0.391 e. The molecule has 4 nitrogen and oxygen atoms in total. The van der Waals surface area contributed by atoms with Crippen LogP contribution in [0.25, 0.3) is 0 Å². The van der Waals surface area contributed by atoms with Crippen LogP contribution >= 0.6 is 0 Å². The van der Waals surface area contributed by atoms with E-state index < -0.39 is 0 Å². The SMILES string of the molecule is CCOCCN(CCOCC)C1CC(C)(C)CCC1O. The Morgan fingerprint density at radius 1 is 1.10 bits per heavy atom. The predicted octanol–water partition coefficient (Wildman–Crippen LogP) is 2.30. The van der Waals surface area contributed by atoms with Gasteiger partial charge in [0.2, 0.25) is 0 Å². The smallest absolute Gasteiger partial charge is 0.0695 e. The lowest BCUT2D eigenvalue weighted by molar-refractivity contribution is -0.0351. The highest BCUT2D eigenvalue weighted by atomic mass is 16.5. The van der Waals surface area contributed by atoms with E-state index in [2.05, 4.69) is 18.7 Å². The maximum absolute atomic E-state index is 10.4. The highest BCUT2D eigenvalue weighted by Gasteiger charge is 2.36. The Labute approximate surface area is 124 Å². The molecule has 0 saturated heterocycles. The van der Waals surface area contributed by atoms with Crippen LogP contribution in [0.1, 0.15) is 47.0 Å². The number of rotatable bonds is 9. The molecule has 1 fully saturated rings. The molecule has 1 saturated carbocycles. The molecule has 0 heterocycles. The summed E-state index contributed by atoms with van der Waals surface area (Å²) in [5.74, 6) is 0. The van der Waals surface area contributed by atoms with Gasteiger partial charge in [-0.3, -0.25) is 4.90 Å². The van der Waals surface area contributed by atoms with Gasteiger partial charge in [-0.05, 0) is 38.5 Å². The standard InChI is InChI=1S/C16H33NO3/c1-5-19-11-9-17(10-12-20-6-2)14-13-16(3,4)8-7-15(14)18/h14-15,18H,5-13H2,1-4H3. The van der Waals surface area contributed by atoms with E-state index in [0.29, 0.717) is 5.41 Å². The van der Waals surface area contributed by atoms with Gasteiger partial charge in [0.05, 0.1) is 19.3 Å². The average Bonchev–Trinajstić information content (AvgIpc) is 2.40. The number of aliphatic hydroxyl groups excluding tert-OH is 1. The highest BCUT2D eigenvalue weighted by molar-refractivity contribution is 4.90. The lowest BCUT2D eigenvalue weighted by atomic mass is 9.73. The Bertz CT molecular complexity index is 248. The summed E-state index contributed by atoms with van der Waals surface area (Å²) in [6, 6.07) is 0.236. The van der Waals surface area contributed by atoms with Gasteiger partial charge >= 0.3 is 0 Å². The van der Waals surface area contributed by atoms with Gasteiger partial charge in [-0.1, -0.05) is 13.8 Å². The minimum absolute atomic E-state index is 0.216. The first kappa shape index (κ1) is 17.9. The molecular weight excluding hydrogens is 254 g/mol. The summed E-state index contributed by atoms with van der Waals surface area (Å²) < 4.78 is 11.0. The molecule has 1 N–H and O–H groups in total. The van der Waals surface area contributed by atoms with Gasteiger partial charge in [0.15, 0.2) is 0 Å². The molecule has 0 aromatic carbocycles. The maximum atomic E-state index is 10.4. The third-order valence-corrected chi connectivity index (χ3v) is 4.25. The lowest BCUT2D eigenvalue weighted by Crippen LogP contribution is -2.51. The molecule has 0 radical (unpaired) electrons. The summed E-state index contributed by atoms with van der Waals surface area (Å²) in [5.41, 5.74) is 0.319. The molecular formula is C16H33NO3. The van der Waals surface area contributed by atoms with Crippen molar-refractivity contribution in [2.24, 2.45) is 5.41 Å². The van der Waals surface area contributed by atoms with Crippen molar-refractivity contribution in [3.8, 4) is 0 Å². The number of hydrogen-bond acceptors (Lipinski definition) is 4. The second kappa shape index (κ2) is 8.98. The normalized spacial score (nSPS) is 26.1. The number of nitrogens with zero attached hydrogens (tertiary/aromatic N) is 1. The average molecular weight is 287 g/mol. The molecule has 1 aliphatic carbocycles. The van der Waals surface area contributed by atoms with Crippen molar-refractivity contribution in [2.75, 3.05) is 39.5 Å². The molecule has 2 unspecified atom stereocenters. The van der Waals surface area contributed by atoms with Crippen LogP contribution < -0.4 is 0 Å². The van der Waals surface area contributed by atoms with Crippen molar-refractivity contribution < 1.29 is 14.6 Å². The molecule has 1 rings (SSSR count). The molecule has 0 bridgehead atoms. The summed E-state index contributed by atoms with van der Waals surface area (Å²) in [4.78, 5) is 2.36. The monoisotopic (exact) mass is 287 g/mol. The second-order valence-electron chi connectivity index (χ2n) is 6.47. The van der Waals surface area contributed by atoms with Crippen LogP contribution in [0.4, 0.5) is 0 Å². The van der Waals surface area contributed by atoms with Crippen molar-refractivity contribution in [1.29, 1.82) is 0 Å². The largest absolute Gasteiger partial charge is 0.391 e. The van der Waals surface area contributed by atoms with E-state index in [1.807, 2.05) is 13.8 Å². The second-order valence-corrected chi connectivity index (χ2v) is 6.47. The minimum atomic E-state index is -0.216. The topological polar surface area (TPSA) is 41.9 Å². The van der Waals surface area contributed by atoms with Crippen LogP contribution in [0.15, 0.2) is 0 Å². The van der Waals surface area contributed by atoms with Crippen molar-refractivity contribution in [1.82, 2.24) is 4.90 Å².